The van der Waals surface area contributed by atoms with Gasteiger partial charge < -0.3 is 9.73 Å². The van der Waals surface area contributed by atoms with Gasteiger partial charge in [-0.15, -0.1) is 0 Å². The number of hydrogen-bond donors (Lipinski definition) is 1. The summed E-state index contributed by atoms with van der Waals surface area (Å²) in [4.78, 5) is 4.28. The summed E-state index contributed by atoms with van der Waals surface area (Å²) in [5.41, 5.74) is 2.77. The fraction of sp³-hybridized carbons (Fsp3) is 0.467. The molecule has 0 radical (unpaired) electrons. The van der Waals surface area contributed by atoms with Gasteiger partial charge in [0.25, 0.3) is 0 Å². The molecule has 4 nitrogen and oxygen atoms in total. The first-order chi connectivity index (χ1) is 9.21. The van der Waals surface area contributed by atoms with Crippen LogP contribution in [0.3, 0.4) is 0 Å². The zero-order chi connectivity index (χ0) is 13.3. The molecule has 0 atom stereocenters. The maximum atomic E-state index is 9.16. The van der Waals surface area contributed by atoms with Crippen LogP contribution in [-0.4, -0.2) is 11.5 Å². The van der Waals surface area contributed by atoms with Gasteiger partial charge in [-0.2, -0.15) is 5.26 Å². The van der Waals surface area contributed by atoms with E-state index in [1.54, 1.807) is 0 Å². The van der Waals surface area contributed by atoms with Crippen LogP contribution in [-0.2, 0) is 6.54 Å². The van der Waals surface area contributed by atoms with Crippen molar-refractivity contribution in [3.63, 3.8) is 0 Å². The van der Waals surface area contributed by atoms with Gasteiger partial charge in [-0.3, -0.25) is 0 Å². The van der Waals surface area contributed by atoms with Gasteiger partial charge >= 0.3 is 0 Å². The fourth-order valence-electron chi connectivity index (χ4n) is 2.57. The van der Waals surface area contributed by atoms with E-state index in [0.717, 1.165) is 42.6 Å². The van der Waals surface area contributed by atoms with Crippen molar-refractivity contribution >= 4 is 11.1 Å². The van der Waals surface area contributed by atoms with Crippen molar-refractivity contribution in [2.75, 3.05) is 6.54 Å². The Balaban J connectivity index is 1.64. The molecule has 0 bridgehead atoms. The Morgan fingerprint density at radius 2 is 2.32 bits per heavy atom. The molecule has 1 fully saturated rings. The zero-order valence-corrected chi connectivity index (χ0v) is 11.1. The maximum absolute atomic E-state index is 9.16. The number of nitrogens with one attached hydrogen (secondary N) is 1. The molecule has 19 heavy (non-hydrogen) atoms. The van der Waals surface area contributed by atoms with Crippen molar-refractivity contribution in [2.45, 2.75) is 32.7 Å². The summed E-state index contributed by atoms with van der Waals surface area (Å²) < 4.78 is 5.52. The molecule has 1 saturated carbocycles. The Morgan fingerprint density at radius 1 is 1.47 bits per heavy atom. The number of aromatic nitrogens is 1. The first-order valence-electron chi connectivity index (χ1n) is 6.69. The molecule has 4 heteroatoms. The molecule has 1 aliphatic rings. The average Bonchev–Trinajstić information content (AvgIpc) is 2.72. The van der Waals surface area contributed by atoms with Crippen LogP contribution >= 0.6 is 0 Å². The van der Waals surface area contributed by atoms with Crippen LogP contribution < -0.4 is 5.32 Å². The SMILES string of the molecule is Cc1nc2ccc(CNCC3(C#N)CCC3)cc2o1. The van der Waals surface area contributed by atoms with Crippen LogP contribution in [0.25, 0.3) is 11.1 Å². The monoisotopic (exact) mass is 255 g/mol. The Morgan fingerprint density at radius 3 is 3.00 bits per heavy atom. The Bertz CT molecular complexity index is 634. The molecule has 98 valence electrons. The summed E-state index contributed by atoms with van der Waals surface area (Å²) in [6.07, 6.45) is 3.23. The normalized spacial score (nSPS) is 17.1. The molecule has 0 spiro atoms. The first kappa shape index (κ1) is 12.2. The highest BCUT2D eigenvalue weighted by molar-refractivity contribution is 5.73. The summed E-state index contributed by atoms with van der Waals surface area (Å²) >= 11 is 0. The lowest BCUT2D eigenvalue weighted by molar-refractivity contribution is 0.206. The minimum Gasteiger partial charge on any atom is -0.441 e. The standard InChI is InChI=1S/C15H17N3O/c1-11-18-13-4-3-12(7-14(13)19-11)8-17-10-15(9-16)5-2-6-15/h3-4,7,17H,2,5-6,8,10H2,1H3. The number of benzene rings is 1. The maximum Gasteiger partial charge on any atom is 0.192 e. The third-order valence-corrected chi connectivity index (χ3v) is 3.90. The van der Waals surface area contributed by atoms with E-state index in [2.05, 4.69) is 22.4 Å². The lowest BCUT2D eigenvalue weighted by Crippen LogP contribution is -2.38. The van der Waals surface area contributed by atoms with Crippen LogP contribution in [0.2, 0.25) is 0 Å². The predicted molar refractivity (Wildman–Crippen MR) is 72.3 cm³/mol. The van der Waals surface area contributed by atoms with Crippen molar-refractivity contribution in [1.29, 1.82) is 5.26 Å². The largest absolute Gasteiger partial charge is 0.441 e. The summed E-state index contributed by atoms with van der Waals surface area (Å²) in [6.45, 7) is 3.39. The smallest absolute Gasteiger partial charge is 0.192 e. The molecule has 1 aromatic carbocycles. The highest BCUT2D eigenvalue weighted by atomic mass is 16.3. The highest BCUT2D eigenvalue weighted by Crippen LogP contribution is 2.39. The third kappa shape index (κ3) is 2.34. The number of nitrogens with zero attached hydrogens (tertiary/aromatic N) is 2. The van der Waals surface area contributed by atoms with Crippen LogP contribution in [0, 0.1) is 23.7 Å². The van der Waals surface area contributed by atoms with Gasteiger partial charge in [0.2, 0.25) is 0 Å². The van der Waals surface area contributed by atoms with E-state index < -0.39 is 0 Å². The van der Waals surface area contributed by atoms with Crippen LogP contribution in [0.5, 0.6) is 0 Å². The lowest BCUT2D eigenvalue weighted by atomic mass is 9.70. The summed E-state index contributed by atoms with van der Waals surface area (Å²) in [7, 11) is 0. The van der Waals surface area contributed by atoms with Gasteiger partial charge in [0.1, 0.15) is 5.52 Å². The quantitative estimate of drug-likeness (QED) is 0.912. The number of hydrogen-bond acceptors (Lipinski definition) is 4. The first-order valence-corrected chi connectivity index (χ1v) is 6.69. The molecule has 1 N–H and O–H groups in total. The van der Waals surface area contributed by atoms with Crippen molar-refractivity contribution in [2.24, 2.45) is 5.41 Å². The van der Waals surface area contributed by atoms with E-state index >= 15 is 0 Å². The number of fused-ring (bicyclic) bond motifs is 1. The number of aryl methyl sites for hydroxylation is 1. The lowest BCUT2D eigenvalue weighted by Gasteiger charge is -2.35. The molecule has 0 saturated heterocycles. The van der Waals surface area contributed by atoms with Crippen molar-refractivity contribution < 1.29 is 4.42 Å². The van der Waals surface area contributed by atoms with E-state index in [1.165, 1.54) is 6.42 Å². The number of nitriles is 1. The van der Waals surface area contributed by atoms with Crippen LogP contribution in [0.15, 0.2) is 22.6 Å². The van der Waals surface area contributed by atoms with E-state index in [0.29, 0.717) is 5.89 Å². The predicted octanol–water partition coefficient (Wildman–Crippen LogP) is 2.92. The van der Waals surface area contributed by atoms with Gasteiger partial charge in [-0.05, 0) is 30.5 Å². The van der Waals surface area contributed by atoms with Crippen LogP contribution in [0.4, 0.5) is 0 Å². The second kappa shape index (κ2) is 4.67. The Labute approximate surface area is 112 Å². The van der Waals surface area contributed by atoms with Crippen LogP contribution in [0.1, 0.15) is 30.7 Å². The minimum atomic E-state index is -0.118. The molecular weight excluding hydrogens is 238 g/mol. The van der Waals surface area contributed by atoms with Crippen molar-refractivity contribution in [1.82, 2.24) is 10.3 Å². The summed E-state index contributed by atoms with van der Waals surface area (Å²) in [5.74, 6) is 0.693. The molecule has 1 heterocycles. The van der Waals surface area contributed by atoms with E-state index in [-0.39, 0.29) is 5.41 Å². The summed E-state index contributed by atoms with van der Waals surface area (Å²) in [6, 6.07) is 8.49. The topological polar surface area (TPSA) is 61.9 Å². The average molecular weight is 255 g/mol. The van der Waals surface area contributed by atoms with Gasteiger partial charge in [0.05, 0.1) is 11.5 Å². The second-order valence-corrected chi connectivity index (χ2v) is 5.38. The molecular formula is C15H17N3O. The number of oxazole rings is 1. The van der Waals surface area contributed by atoms with Crippen molar-refractivity contribution in [3.8, 4) is 6.07 Å². The Kier molecular flexibility index (Phi) is 3.00. The molecule has 1 aliphatic carbocycles. The van der Waals surface area contributed by atoms with E-state index in [9.17, 15) is 0 Å². The van der Waals surface area contributed by atoms with Gasteiger partial charge in [-0.1, -0.05) is 12.5 Å². The fourth-order valence-corrected chi connectivity index (χ4v) is 2.57. The van der Waals surface area contributed by atoms with Gasteiger partial charge in [-0.25, -0.2) is 4.98 Å². The Hall–Kier alpha value is -1.86. The zero-order valence-electron chi connectivity index (χ0n) is 11.1. The van der Waals surface area contributed by atoms with Gasteiger partial charge in [0.15, 0.2) is 11.5 Å². The van der Waals surface area contributed by atoms with E-state index in [4.69, 9.17) is 9.68 Å². The third-order valence-electron chi connectivity index (χ3n) is 3.90. The molecule has 2 aromatic rings. The molecule has 0 amide bonds. The highest BCUT2D eigenvalue weighted by Gasteiger charge is 2.36. The minimum absolute atomic E-state index is 0.118. The van der Waals surface area contributed by atoms with E-state index in [1.807, 2.05) is 19.1 Å². The molecule has 3 rings (SSSR count). The van der Waals surface area contributed by atoms with Gasteiger partial charge in [0, 0.05) is 20.0 Å². The summed E-state index contributed by atoms with van der Waals surface area (Å²) in [5, 5.41) is 12.5. The molecule has 0 unspecified atom stereocenters. The molecule has 0 aliphatic heterocycles. The number of rotatable bonds is 4. The second-order valence-electron chi connectivity index (χ2n) is 5.38. The van der Waals surface area contributed by atoms with Crippen molar-refractivity contribution in [3.05, 3.63) is 29.7 Å². The molecule has 1 aromatic heterocycles.